The van der Waals surface area contributed by atoms with Gasteiger partial charge in [-0.05, 0) is 27.2 Å². The molecular formula is C10H17N3OS. The summed E-state index contributed by atoms with van der Waals surface area (Å²) in [6, 6.07) is 0. The van der Waals surface area contributed by atoms with Crippen LogP contribution in [0.1, 0.15) is 32.9 Å². The monoisotopic (exact) mass is 227 g/mol. The van der Waals surface area contributed by atoms with Gasteiger partial charge < -0.3 is 11.1 Å². The molecule has 15 heavy (non-hydrogen) atoms. The molecule has 0 atom stereocenters. The van der Waals surface area contributed by atoms with Gasteiger partial charge in [-0.25, -0.2) is 4.98 Å². The summed E-state index contributed by atoms with van der Waals surface area (Å²) in [6.07, 6.45) is 1.11. The highest BCUT2D eigenvalue weighted by molar-refractivity contribution is 7.13. The zero-order chi connectivity index (χ0) is 11.5. The van der Waals surface area contributed by atoms with Crippen LogP contribution in [-0.4, -0.2) is 16.4 Å². The van der Waals surface area contributed by atoms with Crippen LogP contribution in [0.25, 0.3) is 0 Å². The molecule has 0 radical (unpaired) electrons. The third-order valence-corrected chi connectivity index (χ3v) is 2.41. The predicted molar refractivity (Wildman–Crippen MR) is 62.7 cm³/mol. The fourth-order valence-electron chi connectivity index (χ4n) is 1.16. The van der Waals surface area contributed by atoms with Gasteiger partial charge in [0.25, 0.3) is 0 Å². The number of carbonyl (C=O) groups is 1. The molecule has 0 aliphatic rings. The molecule has 0 saturated heterocycles. The Morgan fingerprint density at radius 3 is 2.73 bits per heavy atom. The van der Waals surface area contributed by atoms with Crippen molar-refractivity contribution in [3.8, 4) is 0 Å². The summed E-state index contributed by atoms with van der Waals surface area (Å²) in [4.78, 5) is 15.6. The number of nitrogens with zero attached hydrogens (tertiary/aromatic N) is 1. The van der Waals surface area contributed by atoms with E-state index < -0.39 is 0 Å². The highest BCUT2D eigenvalue weighted by atomic mass is 32.1. The Hall–Kier alpha value is -1.10. The molecule has 0 aliphatic heterocycles. The van der Waals surface area contributed by atoms with Gasteiger partial charge in [-0.2, -0.15) is 0 Å². The van der Waals surface area contributed by atoms with Gasteiger partial charge in [-0.15, -0.1) is 11.3 Å². The molecule has 0 aromatic carbocycles. The molecule has 5 heteroatoms. The van der Waals surface area contributed by atoms with Crippen LogP contribution in [0.2, 0.25) is 0 Å². The maximum Gasteiger partial charge on any atom is 0.220 e. The number of amides is 1. The Balaban J connectivity index is 2.35. The van der Waals surface area contributed by atoms with E-state index in [-0.39, 0.29) is 11.4 Å². The molecule has 0 fully saturated rings. The number of nitrogens with two attached hydrogens (primary N) is 1. The van der Waals surface area contributed by atoms with Gasteiger partial charge in [0, 0.05) is 17.3 Å². The average molecular weight is 227 g/mol. The van der Waals surface area contributed by atoms with E-state index in [2.05, 4.69) is 10.3 Å². The van der Waals surface area contributed by atoms with Gasteiger partial charge in [0.15, 0.2) is 5.13 Å². The molecule has 84 valence electrons. The van der Waals surface area contributed by atoms with Gasteiger partial charge in [-0.3, -0.25) is 4.79 Å². The van der Waals surface area contributed by atoms with Crippen molar-refractivity contribution in [2.75, 3.05) is 5.73 Å². The van der Waals surface area contributed by atoms with E-state index in [4.69, 9.17) is 5.73 Å². The molecule has 3 N–H and O–H groups in total. The lowest BCUT2D eigenvalue weighted by molar-refractivity contribution is -0.122. The highest BCUT2D eigenvalue weighted by Gasteiger charge is 2.13. The van der Waals surface area contributed by atoms with Crippen LogP contribution in [0.15, 0.2) is 5.38 Å². The minimum Gasteiger partial charge on any atom is -0.375 e. The van der Waals surface area contributed by atoms with Crippen molar-refractivity contribution in [2.24, 2.45) is 0 Å². The lowest BCUT2D eigenvalue weighted by Gasteiger charge is -2.20. The second-order valence-corrected chi connectivity index (χ2v) is 5.36. The van der Waals surface area contributed by atoms with E-state index in [1.807, 2.05) is 26.2 Å². The van der Waals surface area contributed by atoms with E-state index in [0.29, 0.717) is 18.0 Å². The highest BCUT2D eigenvalue weighted by Crippen LogP contribution is 2.12. The summed E-state index contributed by atoms with van der Waals surface area (Å²) in [5.41, 5.74) is 6.22. The maximum absolute atomic E-state index is 11.5. The quantitative estimate of drug-likeness (QED) is 0.823. The van der Waals surface area contributed by atoms with Crippen LogP contribution in [0.5, 0.6) is 0 Å². The number of anilines is 1. The molecular weight excluding hydrogens is 210 g/mol. The van der Waals surface area contributed by atoms with E-state index in [0.717, 1.165) is 5.69 Å². The van der Waals surface area contributed by atoms with Crippen molar-refractivity contribution in [2.45, 2.75) is 39.2 Å². The summed E-state index contributed by atoms with van der Waals surface area (Å²) in [5, 5.41) is 5.35. The van der Waals surface area contributed by atoms with Crippen LogP contribution < -0.4 is 11.1 Å². The van der Waals surface area contributed by atoms with Crippen LogP contribution in [-0.2, 0) is 11.2 Å². The normalized spacial score (nSPS) is 11.4. The molecule has 1 heterocycles. The van der Waals surface area contributed by atoms with Crippen molar-refractivity contribution >= 4 is 22.4 Å². The molecule has 1 rings (SSSR count). The summed E-state index contributed by atoms with van der Waals surface area (Å²) < 4.78 is 0. The number of hydrogen-bond acceptors (Lipinski definition) is 4. The zero-order valence-electron chi connectivity index (χ0n) is 9.33. The van der Waals surface area contributed by atoms with Crippen molar-refractivity contribution in [1.29, 1.82) is 0 Å². The second-order valence-electron chi connectivity index (χ2n) is 4.48. The Morgan fingerprint density at radius 1 is 1.60 bits per heavy atom. The Labute approximate surface area is 93.9 Å². The summed E-state index contributed by atoms with van der Waals surface area (Å²) in [7, 11) is 0. The predicted octanol–water partition coefficient (Wildman–Crippen LogP) is 1.57. The number of nitrogen functional groups attached to an aromatic ring is 1. The smallest absolute Gasteiger partial charge is 0.220 e. The van der Waals surface area contributed by atoms with E-state index in [9.17, 15) is 4.79 Å². The second kappa shape index (κ2) is 4.61. The molecule has 0 aliphatic carbocycles. The van der Waals surface area contributed by atoms with Crippen LogP contribution >= 0.6 is 11.3 Å². The van der Waals surface area contributed by atoms with Crippen molar-refractivity contribution in [3.63, 3.8) is 0 Å². The Morgan fingerprint density at radius 2 is 2.27 bits per heavy atom. The first-order chi connectivity index (χ1) is 6.87. The van der Waals surface area contributed by atoms with Crippen molar-refractivity contribution < 1.29 is 4.79 Å². The number of carbonyl (C=O) groups excluding carboxylic acids is 1. The molecule has 4 nitrogen and oxygen atoms in total. The molecule has 0 bridgehead atoms. The number of aromatic nitrogens is 1. The number of aryl methyl sites for hydroxylation is 1. The third kappa shape index (κ3) is 4.78. The van der Waals surface area contributed by atoms with Gasteiger partial charge >= 0.3 is 0 Å². The van der Waals surface area contributed by atoms with Gasteiger partial charge in [0.05, 0.1) is 5.69 Å². The SMILES string of the molecule is CC(C)(C)NC(=O)CCc1csc(N)n1. The van der Waals surface area contributed by atoms with Crippen LogP contribution in [0, 0.1) is 0 Å². The topological polar surface area (TPSA) is 68.0 Å². The largest absolute Gasteiger partial charge is 0.375 e. The van der Waals surface area contributed by atoms with Gasteiger partial charge in [0.2, 0.25) is 5.91 Å². The lowest BCUT2D eigenvalue weighted by atomic mass is 10.1. The zero-order valence-corrected chi connectivity index (χ0v) is 10.1. The maximum atomic E-state index is 11.5. The number of hydrogen-bond donors (Lipinski definition) is 2. The third-order valence-electron chi connectivity index (χ3n) is 1.69. The summed E-state index contributed by atoms with van der Waals surface area (Å²) in [6.45, 7) is 5.89. The molecule has 0 spiro atoms. The molecule has 0 unspecified atom stereocenters. The minimum absolute atomic E-state index is 0.0501. The first-order valence-electron chi connectivity index (χ1n) is 4.88. The molecule has 1 aromatic heterocycles. The van der Waals surface area contributed by atoms with E-state index in [1.165, 1.54) is 11.3 Å². The molecule has 1 aromatic rings. The summed E-state index contributed by atoms with van der Waals surface area (Å²) in [5.74, 6) is 0.0501. The standard InChI is InChI=1S/C10H17N3OS/c1-10(2,3)13-8(14)5-4-7-6-15-9(11)12-7/h6H,4-5H2,1-3H3,(H2,11,12)(H,13,14). The Bertz CT molecular complexity index is 341. The summed E-state index contributed by atoms with van der Waals surface area (Å²) >= 11 is 1.40. The van der Waals surface area contributed by atoms with Gasteiger partial charge in [-0.1, -0.05) is 0 Å². The number of rotatable bonds is 3. The number of thiazole rings is 1. The molecule has 1 amide bonds. The fraction of sp³-hybridized carbons (Fsp3) is 0.600. The molecule has 0 saturated carbocycles. The lowest BCUT2D eigenvalue weighted by Crippen LogP contribution is -2.40. The van der Waals surface area contributed by atoms with Crippen molar-refractivity contribution in [1.82, 2.24) is 10.3 Å². The first kappa shape index (κ1) is 12.0. The Kier molecular flexibility index (Phi) is 3.68. The van der Waals surface area contributed by atoms with E-state index >= 15 is 0 Å². The number of nitrogens with one attached hydrogen (secondary N) is 1. The van der Waals surface area contributed by atoms with Crippen molar-refractivity contribution in [3.05, 3.63) is 11.1 Å². The minimum atomic E-state index is -0.168. The van der Waals surface area contributed by atoms with E-state index in [1.54, 1.807) is 0 Å². The van der Waals surface area contributed by atoms with Crippen LogP contribution in [0.4, 0.5) is 5.13 Å². The fourth-order valence-corrected chi connectivity index (χ4v) is 1.76. The van der Waals surface area contributed by atoms with Gasteiger partial charge in [0.1, 0.15) is 0 Å². The first-order valence-corrected chi connectivity index (χ1v) is 5.76. The van der Waals surface area contributed by atoms with Crippen LogP contribution in [0.3, 0.4) is 0 Å². The average Bonchev–Trinajstić information content (AvgIpc) is 2.45.